The molecule has 2 aliphatic heterocycles. The monoisotopic (exact) mass is 1100 g/mol. The summed E-state index contributed by atoms with van der Waals surface area (Å²) in [7, 11) is 0. The number of aliphatic carboxylic acids is 2. The van der Waals surface area contributed by atoms with Gasteiger partial charge in [0.15, 0.2) is 5.96 Å². The van der Waals surface area contributed by atoms with Crippen LogP contribution < -0.4 is 60.6 Å². The highest BCUT2D eigenvalue weighted by Gasteiger charge is 2.42. The molecule has 2 aliphatic rings. The van der Waals surface area contributed by atoms with E-state index in [1.807, 2.05) is 0 Å². The molecular formula is C47H69N15O14S. The number of nitrogens with two attached hydrogens (primary N) is 5. The van der Waals surface area contributed by atoms with Crippen molar-refractivity contribution >= 4 is 99.6 Å². The predicted molar refractivity (Wildman–Crippen MR) is 277 cm³/mol. The van der Waals surface area contributed by atoms with Gasteiger partial charge in [0.05, 0.1) is 25.3 Å². The van der Waals surface area contributed by atoms with E-state index in [0.717, 1.165) is 4.90 Å². The van der Waals surface area contributed by atoms with E-state index in [1.165, 1.54) is 23.6 Å². The molecule has 422 valence electrons. The fourth-order valence-corrected chi connectivity index (χ4v) is 9.32. The maximum absolute atomic E-state index is 14.6. The number of hydrogen-bond donors (Lipinski definition) is 14. The summed E-state index contributed by atoms with van der Waals surface area (Å²) in [5, 5.41) is 34.4. The second-order valence-electron chi connectivity index (χ2n) is 18.6. The topological polar surface area (TPSA) is 482 Å². The highest BCUT2D eigenvalue weighted by Crippen LogP contribution is 2.24. The number of aliphatic imine (C=N–C) groups is 1. The third kappa shape index (κ3) is 18.4. The molecule has 29 nitrogen and oxygen atoms in total. The van der Waals surface area contributed by atoms with Gasteiger partial charge in [0, 0.05) is 43.2 Å². The van der Waals surface area contributed by atoms with Gasteiger partial charge in [0.25, 0.3) is 0 Å². The molecule has 0 spiro atoms. The first kappa shape index (κ1) is 61.5. The summed E-state index contributed by atoms with van der Waals surface area (Å²) in [4.78, 5) is 167. The Kier molecular flexibility index (Phi) is 23.4. The maximum atomic E-state index is 14.6. The Bertz CT molecular complexity index is 2560. The molecule has 0 saturated carbocycles. The number of hydrogen-bond acceptors (Lipinski definition) is 15. The number of H-pyrrole nitrogens is 1. The van der Waals surface area contributed by atoms with Crippen LogP contribution in [-0.4, -0.2) is 188 Å². The first-order valence-corrected chi connectivity index (χ1v) is 26.1. The molecule has 0 radical (unpaired) electrons. The normalized spacial score (nSPS) is 17.8. The summed E-state index contributed by atoms with van der Waals surface area (Å²) in [6.45, 7) is 1.36. The molecule has 30 heteroatoms. The van der Waals surface area contributed by atoms with Crippen LogP contribution in [0.15, 0.2) is 35.5 Å². The summed E-state index contributed by atoms with van der Waals surface area (Å²) in [5.41, 5.74) is 28.6. The van der Waals surface area contributed by atoms with Crippen molar-refractivity contribution in [1.29, 1.82) is 0 Å². The van der Waals surface area contributed by atoms with Crippen molar-refractivity contribution in [2.45, 2.75) is 132 Å². The van der Waals surface area contributed by atoms with Gasteiger partial charge in [0.2, 0.25) is 59.1 Å². The Morgan fingerprint density at radius 3 is 1.82 bits per heavy atom. The molecule has 1 aromatic carbocycles. The van der Waals surface area contributed by atoms with Crippen LogP contribution >= 0.6 is 11.8 Å². The fourth-order valence-electron chi connectivity index (χ4n) is 8.85. The Morgan fingerprint density at radius 1 is 0.688 bits per heavy atom. The molecular weight excluding hydrogens is 1030 g/mol. The fraction of sp³-hybridized carbons (Fsp3) is 0.553. The quantitative estimate of drug-likeness (QED) is 0.0198. The third-order valence-corrected chi connectivity index (χ3v) is 13.4. The Labute approximate surface area is 446 Å². The molecule has 77 heavy (non-hydrogen) atoms. The van der Waals surface area contributed by atoms with Crippen LogP contribution in [0.2, 0.25) is 0 Å². The number of likely N-dealkylation sites (tertiary alicyclic amines) is 2. The van der Waals surface area contributed by atoms with Crippen LogP contribution in [0.25, 0.3) is 10.9 Å². The van der Waals surface area contributed by atoms with Crippen LogP contribution in [0.4, 0.5) is 0 Å². The van der Waals surface area contributed by atoms with E-state index in [4.69, 9.17) is 33.8 Å². The molecule has 10 amide bonds. The van der Waals surface area contributed by atoms with E-state index >= 15 is 0 Å². The molecule has 2 fully saturated rings. The van der Waals surface area contributed by atoms with Crippen LogP contribution in [0.5, 0.6) is 0 Å². The molecule has 0 aliphatic carbocycles. The highest BCUT2D eigenvalue weighted by molar-refractivity contribution is 7.98. The largest absolute Gasteiger partial charge is 0.481 e. The van der Waals surface area contributed by atoms with Gasteiger partial charge in [-0.1, -0.05) is 18.2 Å². The van der Waals surface area contributed by atoms with Gasteiger partial charge in [0.1, 0.15) is 48.3 Å². The van der Waals surface area contributed by atoms with Crippen molar-refractivity contribution in [1.82, 2.24) is 46.7 Å². The molecule has 9 unspecified atom stereocenters. The molecule has 0 bridgehead atoms. The van der Waals surface area contributed by atoms with E-state index in [9.17, 15) is 62.6 Å². The minimum Gasteiger partial charge on any atom is -0.481 e. The molecule has 9 atom stereocenters. The number of fused-ring (bicyclic) bond motifs is 1. The van der Waals surface area contributed by atoms with Crippen molar-refractivity contribution in [2.75, 3.05) is 31.6 Å². The molecule has 1 aromatic heterocycles. The van der Waals surface area contributed by atoms with E-state index < -0.39 is 145 Å². The summed E-state index contributed by atoms with van der Waals surface area (Å²) in [6.07, 6.45) is 1.96. The number of carboxylic acid groups (broad SMARTS) is 2. The minimum atomic E-state index is -1.73. The van der Waals surface area contributed by atoms with Crippen LogP contribution in [0.3, 0.4) is 0 Å². The highest BCUT2D eigenvalue weighted by atomic mass is 32.2. The number of para-hydroxylation sites is 1. The second-order valence-corrected chi connectivity index (χ2v) is 19.6. The molecule has 19 N–H and O–H groups in total. The number of carboxylic acids is 2. The number of guanidine groups is 1. The number of aromatic nitrogens is 1. The zero-order valence-corrected chi connectivity index (χ0v) is 43.4. The summed E-state index contributed by atoms with van der Waals surface area (Å²) >= 11 is 1.32. The Hall–Kier alpha value is -8.02. The average Bonchev–Trinajstić information content (AvgIpc) is 4.15. The van der Waals surface area contributed by atoms with Crippen molar-refractivity contribution in [3.63, 3.8) is 0 Å². The van der Waals surface area contributed by atoms with E-state index in [0.29, 0.717) is 28.6 Å². The SMILES string of the molecule is CSCCC(NC(=O)C(N)CC(=O)O)C(=O)NC(CC(N)=O)C(=O)N1CCCC1C(=O)NC(C)C(=O)NC(CC(N)=O)C(=O)NC(Cc1c[nH]c2ccccc12)C(=O)N1CCCC1C(=O)NC(CCCN=C(N)N)C(=O)O. The van der Waals surface area contributed by atoms with Crippen molar-refractivity contribution in [3.8, 4) is 0 Å². The lowest BCUT2D eigenvalue weighted by molar-refractivity contribution is -0.145. The number of aromatic amines is 1. The minimum absolute atomic E-state index is 0.0130. The van der Waals surface area contributed by atoms with Gasteiger partial charge >= 0.3 is 11.9 Å². The Balaban J connectivity index is 1.50. The number of benzene rings is 1. The van der Waals surface area contributed by atoms with E-state index in [1.54, 1.807) is 36.7 Å². The number of nitrogens with one attached hydrogen (secondary N) is 7. The first-order valence-electron chi connectivity index (χ1n) is 24.7. The standard InChI is InChI=1S/C47H69N15O14S/c1-23(55-42(71)33-11-6-15-61(33)45(74)32(21-36(50)64)60-40(69)28(13-17-77-2)56-39(68)26(48)19-37(65)66)38(67)58-30(20-35(49)63)41(70)59-31(18-24-22-54-27-9-4-3-8-25(24)27)44(73)62-16-7-12-34(62)43(72)57-29(46(75)76)10-5-14-53-47(51)52/h3-4,8-9,22-23,26,28-34,54H,5-7,10-21,48H2,1-2H3,(H2,49,63)(H2,50,64)(H,55,71)(H,56,68)(H,57,72)(H,58,67)(H,59,70)(H,60,69)(H,65,66)(H,75,76)(H4,51,52,53). The van der Waals surface area contributed by atoms with Gasteiger partial charge in [-0.05, 0) is 75.5 Å². The lowest BCUT2D eigenvalue weighted by atomic mass is 10.0. The number of carbonyl (C=O) groups excluding carboxylic acids is 10. The zero-order valence-electron chi connectivity index (χ0n) is 42.6. The Morgan fingerprint density at radius 2 is 1.23 bits per heavy atom. The lowest BCUT2D eigenvalue weighted by Gasteiger charge is -2.31. The van der Waals surface area contributed by atoms with Gasteiger partial charge in [-0.3, -0.25) is 57.7 Å². The van der Waals surface area contributed by atoms with Crippen LogP contribution in [-0.2, 0) is 64.0 Å². The molecule has 3 heterocycles. The second kappa shape index (κ2) is 29.3. The maximum Gasteiger partial charge on any atom is 0.326 e. The summed E-state index contributed by atoms with van der Waals surface area (Å²) < 4.78 is 0. The predicted octanol–water partition coefficient (Wildman–Crippen LogP) is -4.93. The third-order valence-electron chi connectivity index (χ3n) is 12.7. The van der Waals surface area contributed by atoms with E-state index in [-0.39, 0.29) is 70.5 Å². The van der Waals surface area contributed by atoms with Gasteiger partial charge < -0.3 is 85.6 Å². The van der Waals surface area contributed by atoms with Crippen molar-refractivity contribution in [2.24, 2.45) is 33.7 Å². The van der Waals surface area contributed by atoms with Crippen molar-refractivity contribution in [3.05, 3.63) is 36.0 Å². The number of amides is 10. The molecule has 2 aromatic rings. The lowest BCUT2D eigenvalue weighted by Crippen LogP contribution is -2.60. The van der Waals surface area contributed by atoms with Gasteiger partial charge in [-0.2, -0.15) is 11.8 Å². The van der Waals surface area contributed by atoms with Gasteiger partial charge in [-0.25, -0.2) is 4.79 Å². The summed E-state index contributed by atoms with van der Waals surface area (Å²) in [5.74, 6) is -11.8. The molecule has 2 saturated heterocycles. The number of thioether (sulfide) groups is 1. The summed E-state index contributed by atoms with van der Waals surface area (Å²) in [6, 6.07) is -5.73. The molecule has 4 rings (SSSR count). The number of rotatable bonds is 30. The van der Waals surface area contributed by atoms with Crippen molar-refractivity contribution < 1.29 is 67.7 Å². The zero-order chi connectivity index (χ0) is 57.1. The number of nitrogens with zero attached hydrogens (tertiary/aromatic N) is 3. The van der Waals surface area contributed by atoms with Gasteiger partial charge in [-0.15, -0.1) is 0 Å². The average molecular weight is 1100 g/mol. The number of carbonyl (C=O) groups is 12. The smallest absolute Gasteiger partial charge is 0.326 e. The first-order chi connectivity index (χ1) is 36.4. The van der Waals surface area contributed by atoms with E-state index in [2.05, 4.69) is 41.9 Å². The number of primary amides is 2. The van der Waals surface area contributed by atoms with Crippen LogP contribution in [0, 0.1) is 0 Å². The van der Waals surface area contributed by atoms with Crippen LogP contribution in [0.1, 0.15) is 76.7 Å².